The van der Waals surface area contributed by atoms with Crippen molar-refractivity contribution in [2.45, 2.75) is 57.9 Å². The van der Waals surface area contributed by atoms with Gasteiger partial charge in [-0.1, -0.05) is 19.3 Å². The van der Waals surface area contributed by atoms with Gasteiger partial charge in [0.2, 0.25) is 5.91 Å². The molecule has 1 atom stereocenters. The van der Waals surface area contributed by atoms with E-state index in [1.165, 1.54) is 32.1 Å². The van der Waals surface area contributed by atoms with Crippen LogP contribution in [0.2, 0.25) is 0 Å². The molecular formula is C13H26N2O. The van der Waals surface area contributed by atoms with Crippen LogP contribution in [0, 0.1) is 5.92 Å². The first-order valence-corrected chi connectivity index (χ1v) is 6.68. The molecule has 0 heterocycles. The molecule has 1 amide bonds. The Labute approximate surface area is 99.4 Å². The quantitative estimate of drug-likeness (QED) is 0.681. The van der Waals surface area contributed by atoms with E-state index in [0.29, 0.717) is 18.4 Å². The van der Waals surface area contributed by atoms with Gasteiger partial charge in [-0.15, -0.1) is 0 Å². The Balaban J connectivity index is 2.16. The third kappa shape index (κ3) is 4.97. The molecule has 0 saturated heterocycles. The monoisotopic (exact) mass is 226 g/mol. The van der Waals surface area contributed by atoms with Gasteiger partial charge in [-0.25, -0.2) is 0 Å². The molecule has 0 aromatic rings. The SMILES string of the molecule is CNCCCC(=O)N[C@@H](C)C1CCCCC1. The molecule has 1 aliphatic carbocycles. The van der Waals surface area contributed by atoms with Gasteiger partial charge in [0.1, 0.15) is 0 Å². The number of hydrogen-bond donors (Lipinski definition) is 2. The summed E-state index contributed by atoms with van der Waals surface area (Å²) in [5, 5.41) is 6.20. The molecule has 0 bridgehead atoms. The molecule has 3 nitrogen and oxygen atoms in total. The largest absolute Gasteiger partial charge is 0.353 e. The second-order valence-corrected chi connectivity index (χ2v) is 4.96. The molecule has 2 N–H and O–H groups in total. The van der Waals surface area contributed by atoms with Gasteiger partial charge < -0.3 is 10.6 Å². The van der Waals surface area contributed by atoms with E-state index in [1.54, 1.807) is 0 Å². The summed E-state index contributed by atoms with van der Waals surface area (Å²) >= 11 is 0. The van der Waals surface area contributed by atoms with Crippen LogP contribution in [-0.4, -0.2) is 25.5 Å². The minimum atomic E-state index is 0.216. The van der Waals surface area contributed by atoms with Crippen molar-refractivity contribution in [3.8, 4) is 0 Å². The topological polar surface area (TPSA) is 41.1 Å². The average molecular weight is 226 g/mol. The van der Waals surface area contributed by atoms with Gasteiger partial charge in [-0.05, 0) is 45.7 Å². The van der Waals surface area contributed by atoms with Crippen molar-refractivity contribution in [2.75, 3.05) is 13.6 Å². The number of hydrogen-bond acceptors (Lipinski definition) is 2. The van der Waals surface area contributed by atoms with Crippen molar-refractivity contribution in [3.63, 3.8) is 0 Å². The maximum atomic E-state index is 11.6. The van der Waals surface area contributed by atoms with E-state index >= 15 is 0 Å². The zero-order chi connectivity index (χ0) is 11.8. The molecule has 1 saturated carbocycles. The van der Waals surface area contributed by atoms with E-state index in [2.05, 4.69) is 17.6 Å². The molecule has 0 unspecified atom stereocenters. The first kappa shape index (κ1) is 13.5. The molecule has 1 rings (SSSR count). The first-order valence-electron chi connectivity index (χ1n) is 6.68. The number of amides is 1. The Hall–Kier alpha value is -0.570. The first-order chi connectivity index (χ1) is 7.74. The lowest BCUT2D eigenvalue weighted by Gasteiger charge is -2.28. The Bertz CT molecular complexity index is 200. The molecule has 1 aliphatic rings. The van der Waals surface area contributed by atoms with Crippen molar-refractivity contribution in [2.24, 2.45) is 5.92 Å². The predicted molar refractivity (Wildman–Crippen MR) is 67.3 cm³/mol. The second kappa shape index (κ2) is 7.66. The van der Waals surface area contributed by atoms with Gasteiger partial charge in [0, 0.05) is 12.5 Å². The highest BCUT2D eigenvalue weighted by atomic mass is 16.1. The van der Waals surface area contributed by atoms with E-state index in [1.807, 2.05) is 7.05 Å². The van der Waals surface area contributed by atoms with Crippen LogP contribution in [0.1, 0.15) is 51.9 Å². The van der Waals surface area contributed by atoms with Gasteiger partial charge in [-0.3, -0.25) is 4.79 Å². The maximum absolute atomic E-state index is 11.6. The van der Waals surface area contributed by atoms with Crippen LogP contribution in [0.5, 0.6) is 0 Å². The number of nitrogens with one attached hydrogen (secondary N) is 2. The summed E-state index contributed by atoms with van der Waals surface area (Å²) in [6.07, 6.45) is 8.21. The summed E-state index contributed by atoms with van der Waals surface area (Å²) in [5.41, 5.74) is 0. The Morgan fingerprint density at radius 1 is 1.31 bits per heavy atom. The van der Waals surface area contributed by atoms with Crippen molar-refractivity contribution < 1.29 is 4.79 Å². The maximum Gasteiger partial charge on any atom is 0.220 e. The summed E-state index contributed by atoms with van der Waals surface area (Å²) in [6, 6.07) is 0.363. The molecule has 1 fully saturated rings. The van der Waals surface area contributed by atoms with Crippen molar-refractivity contribution >= 4 is 5.91 Å². The molecule has 0 spiro atoms. The third-order valence-corrected chi connectivity index (χ3v) is 3.58. The fourth-order valence-electron chi connectivity index (χ4n) is 2.50. The number of rotatable bonds is 6. The van der Waals surface area contributed by atoms with E-state index in [-0.39, 0.29) is 5.91 Å². The van der Waals surface area contributed by atoms with E-state index in [4.69, 9.17) is 0 Å². The second-order valence-electron chi connectivity index (χ2n) is 4.96. The zero-order valence-corrected chi connectivity index (χ0v) is 10.7. The molecule has 3 heteroatoms. The van der Waals surface area contributed by atoms with Crippen LogP contribution in [-0.2, 0) is 4.79 Å². The Morgan fingerprint density at radius 3 is 2.62 bits per heavy atom. The van der Waals surface area contributed by atoms with Crippen molar-refractivity contribution in [1.29, 1.82) is 0 Å². The standard InChI is InChI=1S/C13H26N2O/c1-11(12-7-4-3-5-8-12)15-13(16)9-6-10-14-2/h11-12,14H,3-10H2,1-2H3,(H,15,16)/t11-/m0/s1. The number of carbonyl (C=O) groups is 1. The van der Waals surface area contributed by atoms with Crippen LogP contribution in [0.3, 0.4) is 0 Å². The molecular weight excluding hydrogens is 200 g/mol. The van der Waals surface area contributed by atoms with Crippen LogP contribution in [0.25, 0.3) is 0 Å². The summed E-state index contributed by atoms with van der Waals surface area (Å²) in [5.74, 6) is 0.926. The van der Waals surface area contributed by atoms with Crippen LogP contribution >= 0.6 is 0 Å². The van der Waals surface area contributed by atoms with E-state index in [9.17, 15) is 4.79 Å². The van der Waals surface area contributed by atoms with Gasteiger partial charge in [0.15, 0.2) is 0 Å². The minimum Gasteiger partial charge on any atom is -0.353 e. The fraction of sp³-hybridized carbons (Fsp3) is 0.923. The Morgan fingerprint density at radius 2 is 2.00 bits per heavy atom. The molecule has 0 radical (unpaired) electrons. The highest BCUT2D eigenvalue weighted by Crippen LogP contribution is 2.26. The van der Waals surface area contributed by atoms with E-state index in [0.717, 1.165) is 13.0 Å². The van der Waals surface area contributed by atoms with Gasteiger partial charge in [0.05, 0.1) is 0 Å². The van der Waals surface area contributed by atoms with Gasteiger partial charge >= 0.3 is 0 Å². The Kier molecular flexibility index (Phi) is 6.46. The fourth-order valence-corrected chi connectivity index (χ4v) is 2.50. The van der Waals surface area contributed by atoms with Gasteiger partial charge in [-0.2, -0.15) is 0 Å². The lowest BCUT2D eigenvalue weighted by atomic mass is 9.84. The lowest BCUT2D eigenvalue weighted by molar-refractivity contribution is -0.122. The smallest absolute Gasteiger partial charge is 0.220 e. The van der Waals surface area contributed by atoms with Crippen molar-refractivity contribution in [3.05, 3.63) is 0 Å². The van der Waals surface area contributed by atoms with Crippen LogP contribution in [0.4, 0.5) is 0 Å². The minimum absolute atomic E-state index is 0.216. The number of carbonyl (C=O) groups excluding carboxylic acids is 1. The molecule has 0 aliphatic heterocycles. The van der Waals surface area contributed by atoms with Gasteiger partial charge in [0.25, 0.3) is 0 Å². The van der Waals surface area contributed by atoms with E-state index < -0.39 is 0 Å². The highest BCUT2D eigenvalue weighted by molar-refractivity contribution is 5.76. The summed E-state index contributed by atoms with van der Waals surface area (Å²) < 4.78 is 0. The predicted octanol–water partition coefficient (Wildman–Crippen LogP) is 2.07. The third-order valence-electron chi connectivity index (χ3n) is 3.58. The molecule has 16 heavy (non-hydrogen) atoms. The molecule has 94 valence electrons. The van der Waals surface area contributed by atoms with Crippen LogP contribution < -0.4 is 10.6 Å². The molecule has 0 aromatic carbocycles. The summed E-state index contributed by atoms with van der Waals surface area (Å²) in [4.78, 5) is 11.6. The summed E-state index contributed by atoms with van der Waals surface area (Å²) in [7, 11) is 1.92. The summed E-state index contributed by atoms with van der Waals surface area (Å²) in [6.45, 7) is 3.08. The van der Waals surface area contributed by atoms with Crippen LogP contribution in [0.15, 0.2) is 0 Å². The van der Waals surface area contributed by atoms with Crippen molar-refractivity contribution in [1.82, 2.24) is 10.6 Å². The molecule has 0 aromatic heterocycles. The lowest BCUT2D eigenvalue weighted by Crippen LogP contribution is -2.38. The average Bonchev–Trinajstić information content (AvgIpc) is 2.30. The highest BCUT2D eigenvalue weighted by Gasteiger charge is 2.20. The normalized spacial score (nSPS) is 19.4. The zero-order valence-electron chi connectivity index (χ0n) is 10.7.